The highest BCUT2D eigenvalue weighted by Crippen LogP contribution is 2.28. The first-order valence-corrected chi connectivity index (χ1v) is 8.06. The smallest absolute Gasteiger partial charge is 0.232 e. The molecule has 23 heavy (non-hydrogen) atoms. The van der Waals surface area contributed by atoms with Gasteiger partial charge in [-0.2, -0.15) is 5.26 Å². The molecule has 0 fully saturated rings. The lowest BCUT2D eigenvalue weighted by molar-refractivity contribution is 0.292. The third kappa shape index (κ3) is 3.38. The van der Waals surface area contributed by atoms with Crippen molar-refractivity contribution in [3.05, 3.63) is 63.6 Å². The first-order chi connectivity index (χ1) is 11.2. The highest BCUT2D eigenvalue weighted by Gasteiger charge is 2.14. The van der Waals surface area contributed by atoms with Crippen molar-refractivity contribution >= 4 is 11.3 Å². The fourth-order valence-electron chi connectivity index (χ4n) is 2.25. The van der Waals surface area contributed by atoms with E-state index in [4.69, 9.17) is 4.74 Å². The predicted molar refractivity (Wildman–Crippen MR) is 90.3 cm³/mol. The molecule has 1 aromatic carbocycles. The number of ether oxygens (including phenoxy) is 1. The predicted octanol–water partition coefficient (Wildman–Crippen LogP) is 4.27. The maximum absolute atomic E-state index is 9.40. The molecular formula is C18H15N3OS. The summed E-state index contributed by atoms with van der Waals surface area (Å²) in [5.41, 5.74) is 3.99. The lowest BCUT2D eigenvalue weighted by Gasteiger charge is -2.10. The molecule has 0 radical (unpaired) electrons. The lowest BCUT2D eigenvalue weighted by atomic mass is 10.1. The number of hydrogen-bond donors (Lipinski definition) is 0. The zero-order valence-electron chi connectivity index (χ0n) is 12.9. The minimum atomic E-state index is 0.365. The highest BCUT2D eigenvalue weighted by atomic mass is 32.1. The molecule has 4 nitrogen and oxygen atoms in total. The normalized spacial score (nSPS) is 10.3. The van der Waals surface area contributed by atoms with Crippen LogP contribution >= 0.6 is 11.3 Å². The molecule has 0 saturated carbocycles. The second-order valence-corrected chi connectivity index (χ2v) is 6.17. The molecule has 2 aromatic heterocycles. The van der Waals surface area contributed by atoms with E-state index in [1.807, 2.05) is 49.6 Å². The van der Waals surface area contributed by atoms with Gasteiger partial charge in [-0.1, -0.05) is 30.3 Å². The summed E-state index contributed by atoms with van der Waals surface area (Å²) in [6.07, 6.45) is 0. The summed E-state index contributed by atoms with van der Waals surface area (Å²) in [5.74, 6) is 0.365. The van der Waals surface area contributed by atoms with Crippen LogP contribution in [-0.2, 0) is 6.61 Å². The van der Waals surface area contributed by atoms with E-state index in [1.165, 1.54) is 0 Å². The number of benzene rings is 1. The molecule has 114 valence electrons. The van der Waals surface area contributed by atoms with E-state index >= 15 is 0 Å². The Morgan fingerprint density at radius 2 is 1.96 bits per heavy atom. The average Bonchev–Trinajstić information content (AvgIpc) is 3.00. The Bertz CT molecular complexity index is 866. The Morgan fingerprint density at radius 1 is 1.17 bits per heavy atom. The summed E-state index contributed by atoms with van der Waals surface area (Å²) in [6.45, 7) is 4.25. The summed E-state index contributed by atoms with van der Waals surface area (Å²) in [5, 5.41) is 12.4. The molecule has 0 aliphatic rings. The number of nitriles is 1. The van der Waals surface area contributed by atoms with Crippen molar-refractivity contribution in [3.63, 3.8) is 0 Å². The van der Waals surface area contributed by atoms with E-state index in [1.54, 1.807) is 17.4 Å². The zero-order valence-corrected chi connectivity index (χ0v) is 13.7. The molecule has 0 aliphatic heterocycles. The molecule has 3 rings (SSSR count). The van der Waals surface area contributed by atoms with Crippen molar-refractivity contribution < 1.29 is 4.74 Å². The number of pyridine rings is 1. The number of hydrogen-bond acceptors (Lipinski definition) is 5. The number of nitrogens with zero attached hydrogens (tertiary/aromatic N) is 3. The highest BCUT2D eigenvalue weighted by molar-refractivity contribution is 7.09. The van der Waals surface area contributed by atoms with Crippen LogP contribution in [-0.4, -0.2) is 9.97 Å². The van der Waals surface area contributed by atoms with Gasteiger partial charge in [0, 0.05) is 10.9 Å². The van der Waals surface area contributed by atoms with Crippen LogP contribution in [0.2, 0.25) is 0 Å². The fourth-order valence-corrected chi connectivity index (χ4v) is 2.86. The molecule has 0 unspecified atom stereocenters. The van der Waals surface area contributed by atoms with Crippen molar-refractivity contribution in [2.24, 2.45) is 0 Å². The average molecular weight is 321 g/mol. The molecule has 0 atom stereocenters. The first-order valence-electron chi connectivity index (χ1n) is 7.18. The third-order valence-corrected chi connectivity index (χ3v) is 4.19. The van der Waals surface area contributed by atoms with Crippen molar-refractivity contribution in [1.82, 2.24) is 9.97 Å². The number of rotatable bonds is 4. The SMILES string of the molecule is Cc1nc(-c2cc(C#N)c(OCc3ccccc3)nc2C)cs1. The topological polar surface area (TPSA) is 58.8 Å². The van der Waals surface area contributed by atoms with Gasteiger partial charge in [0.1, 0.15) is 18.2 Å². The Kier molecular flexibility index (Phi) is 4.35. The van der Waals surface area contributed by atoms with Gasteiger partial charge in [-0.25, -0.2) is 9.97 Å². The lowest BCUT2D eigenvalue weighted by Crippen LogP contribution is -2.02. The van der Waals surface area contributed by atoms with E-state index in [0.717, 1.165) is 27.5 Å². The van der Waals surface area contributed by atoms with Crippen LogP contribution in [0.25, 0.3) is 11.3 Å². The minimum Gasteiger partial charge on any atom is -0.472 e. The number of aryl methyl sites for hydroxylation is 2. The summed E-state index contributed by atoms with van der Waals surface area (Å²) < 4.78 is 5.74. The molecule has 0 N–H and O–H groups in total. The van der Waals surface area contributed by atoms with E-state index < -0.39 is 0 Å². The first kappa shape index (κ1) is 15.2. The van der Waals surface area contributed by atoms with Crippen LogP contribution in [0.3, 0.4) is 0 Å². The molecule has 0 saturated heterocycles. The molecular weight excluding hydrogens is 306 g/mol. The van der Waals surface area contributed by atoms with Gasteiger partial charge in [0.05, 0.1) is 16.4 Å². The van der Waals surface area contributed by atoms with Crippen LogP contribution in [0.1, 0.15) is 21.8 Å². The Balaban J connectivity index is 1.90. The van der Waals surface area contributed by atoms with Crippen molar-refractivity contribution in [3.8, 4) is 23.2 Å². The van der Waals surface area contributed by atoms with Gasteiger partial charge in [-0.3, -0.25) is 0 Å². The maximum Gasteiger partial charge on any atom is 0.232 e. The molecule has 0 spiro atoms. The quantitative estimate of drug-likeness (QED) is 0.720. The van der Waals surface area contributed by atoms with Crippen molar-refractivity contribution in [2.75, 3.05) is 0 Å². The minimum absolute atomic E-state index is 0.365. The van der Waals surface area contributed by atoms with E-state index in [9.17, 15) is 5.26 Å². The van der Waals surface area contributed by atoms with Gasteiger partial charge in [-0.15, -0.1) is 11.3 Å². The molecule has 0 bridgehead atoms. The van der Waals surface area contributed by atoms with Gasteiger partial charge >= 0.3 is 0 Å². The Morgan fingerprint density at radius 3 is 2.61 bits per heavy atom. The summed E-state index contributed by atoms with van der Waals surface area (Å²) in [6, 6.07) is 13.8. The van der Waals surface area contributed by atoms with Crippen LogP contribution in [0, 0.1) is 25.2 Å². The molecule has 3 aromatic rings. The number of thiazole rings is 1. The van der Waals surface area contributed by atoms with Crippen LogP contribution in [0.4, 0.5) is 0 Å². The third-order valence-electron chi connectivity index (χ3n) is 3.41. The van der Waals surface area contributed by atoms with Gasteiger partial charge in [0.15, 0.2) is 0 Å². The Labute approximate surface area is 139 Å². The van der Waals surface area contributed by atoms with E-state index in [0.29, 0.717) is 18.1 Å². The van der Waals surface area contributed by atoms with Gasteiger partial charge in [-0.05, 0) is 25.5 Å². The molecule has 5 heteroatoms. The molecule has 2 heterocycles. The van der Waals surface area contributed by atoms with Crippen LogP contribution in [0.5, 0.6) is 5.88 Å². The van der Waals surface area contributed by atoms with Crippen LogP contribution in [0.15, 0.2) is 41.8 Å². The number of aromatic nitrogens is 2. The monoisotopic (exact) mass is 321 g/mol. The summed E-state index contributed by atoms with van der Waals surface area (Å²) in [7, 11) is 0. The fraction of sp³-hybridized carbons (Fsp3) is 0.167. The molecule has 0 amide bonds. The summed E-state index contributed by atoms with van der Waals surface area (Å²) in [4.78, 5) is 8.93. The van der Waals surface area contributed by atoms with Gasteiger partial charge < -0.3 is 4.74 Å². The largest absolute Gasteiger partial charge is 0.472 e. The zero-order chi connectivity index (χ0) is 16.2. The Hall–Kier alpha value is -2.71. The maximum atomic E-state index is 9.40. The van der Waals surface area contributed by atoms with Crippen molar-refractivity contribution in [1.29, 1.82) is 5.26 Å². The second-order valence-electron chi connectivity index (χ2n) is 5.11. The second kappa shape index (κ2) is 6.59. The van der Waals surface area contributed by atoms with Gasteiger partial charge in [0.25, 0.3) is 0 Å². The van der Waals surface area contributed by atoms with Crippen LogP contribution < -0.4 is 4.74 Å². The molecule has 0 aliphatic carbocycles. The standard InChI is InChI=1S/C18H15N3OS/c1-12-16(17-11-23-13(2)21-17)8-15(9-19)18(20-12)22-10-14-6-4-3-5-7-14/h3-8,11H,10H2,1-2H3. The van der Waals surface area contributed by atoms with Crippen molar-refractivity contribution in [2.45, 2.75) is 20.5 Å². The van der Waals surface area contributed by atoms with E-state index in [-0.39, 0.29) is 0 Å². The summed E-state index contributed by atoms with van der Waals surface area (Å²) >= 11 is 1.58. The van der Waals surface area contributed by atoms with E-state index in [2.05, 4.69) is 16.0 Å². The van der Waals surface area contributed by atoms with Gasteiger partial charge in [0.2, 0.25) is 5.88 Å².